The lowest BCUT2D eigenvalue weighted by atomic mass is 9.80. The second kappa shape index (κ2) is 6.13. The Hall–Kier alpha value is -2.80. The summed E-state index contributed by atoms with van der Waals surface area (Å²) >= 11 is 0. The zero-order valence-electron chi connectivity index (χ0n) is 15.7. The summed E-state index contributed by atoms with van der Waals surface area (Å²) in [7, 11) is 0. The van der Waals surface area contributed by atoms with Crippen LogP contribution in [0.25, 0.3) is 11.0 Å². The minimum atomic E-state index is 0.316. The van der Waals surface area contributed by atoms with Crippen LogP contribution in [0.3, 0.4) is 0 Å². The number of H-pyrrole nitrogens is 1. The maximum absolute atomic E-state index is 9.22. The summed E-state index contributed by atoms with van der Waals surface area (Å²) in [4.78, 5) is 10.8. The fourth-order valence-electron chi connectivity index (χ4n) is 5.20. The monoisotopic (exact) mass is 356 g/mol. The van der Waals surface area contributed by atoms with Crippen molar-refractivity contribution in [1.82, 2.24) is 9.97 Å². The van der Waals surface area contributed by atoms with Gasteiger partial charge in [0.05, 0.1) is 22.7 Å². The first-order valence-corrected chi connectivity index (χ1v) is 9.95. The molecular weight excluding hydrogens is 332 g/mol. The van der Waals surface area contributed by atoms with Gasteiger partial charge in [-0.1, -0.05) is 24.3 Å². The summed E-state index contributed by atoms with van der Waals surface area (Å²) in [6.07, 6.45) is 4.85. The van der Waals surface area contributed by atoms with E-state index in [0.717, 1.165) is 35.0 Å². The number of hydrogen-bond acceptors (Lipinski definition) is 3. The molecule has 2 saturated carbocycles. The maximum atomic E-state index is 9.22. The van der Waals surface area contributed by atoms with Crippen molar-refractivity contribution in [3.63, 3.8) is 0 Å². The molecule has 3 aromatic rings. The molecule has 1 unspecified atom stereocenters. The summed E-state index contributed by atoms with van der Waals surface area (Å²) in [5, 5.41) is 9.22. The molecule has 2 aliphatic carbocycles. The number of hydrogen-bond donors (Lipinski definition) is 1. The minimum absolute atomic E-state index is 0.316. The number of rotatable bonds is 4. The maximum Gasteiger partial charge on any atom is 0.204 e. The second-order valence-corrected chi connectivity index (χ2v) is 8.04. The van der Waals surface area contributed by atoms with Crippen LogP contribution in [0.1, 0.15) is 43.7 Å². The van der Waals surface area contributed by atoms with Gasteiger partial charge in [-0.3, -0.25) is 0 Å². The molecule has 27 heavy (non-hydrogen) atoms. The first-order valence-electron chi connectivity index (χ1n) is 9.95. The Balaban J connectivity index is 1.37. The normalized spacial score (nSPS) is 26.4. The van der Waals surface area contributed by atoms with E-state index in [9.17, 15) is 5.26 Å². The lowest BCUT2D eigenvalue weighted by Gasteiger charge is -2.36. The molecule has 1 heterocycles. The van der Waals surface area contributed by atoms with Gasteiger partial charge in [-0.15, -0.1) is 0 Å². The van der Waals surface area contributed by atoms with Crippen molar-refractivity contribution >= 4 is 17.0 Å². The highest BCUT2D eigenvalue weighted by atomic mass is 15.3. The molecule has 0 radical (unpaired) electrons. The van der Waals surface area contributed by atoms with E-state index in [4.69, 9.17) is 4.98 Å². The molecule has 5 rings (SSSR count). The number of aromatic nitrogens is 2. The SMILES string of the molecule is CCN(c1nc2ccccc2[nH]1)[C@@H]1CC[C@]2(c3cccc(C#N)c3)CC2C1. The Morgan fingerprint density at radius 2 is 2.15 bits per heavy atom. The minimum Gasteiger partial charge on any atom is -0.340 e. The Bertz CT molecular complexity index is 997. The molecule has 3 atom stereocenters. The Kier molecular flexibility index (Phi) is 3.72. The number of nitrogens with zero attached hydrogens (tertiary/aromatic N) is 3. The molecule has 2 fully saturated rings. The van der Waals surface area contributed by atoms with Crippen molar-refractivity contribution in [2.75, 3.05) is 11.4 Å². The molecule has 0 bridgehead atoms. The van der Waals surface area contributed by atoms with E-state index < -0.39 is 0 Å². The third-order valence-corrected chi connectivity index (χ3v) is 6.71. The van der Waals surface area contributed by atoms with Crippen LogP contribution in [-0.4, -0.2) is 22.6 Å². The molecular formula is C23H24N4. The summed E-state index contributed by atoms with van der Waals surface area (Å²) in [6, 6.07) is 19.4. The van der Waals surface area contributed by atoms with Crippen LogP contribution in [-0.2, 0) is 5.41 Å². The van der Waals surface area contributed by atoms with Crippen LogP contribution in [0.5, 0.6) is 0 Å². The van der Waals surface area contributed by atoms with Gasteiger partial charge in [0.15, 0.2) is 0 Å². The number of aromatic amines is 1. The molecule has 0 aliphatic heterocycles. The van der Waals surface area contributed by atoms with E-state index in [1.807, 2.05) is 18.2 Å². The zero-order chi connectivity index (χ0) is 18.4. The molecule has 0 spiro atoms. The Morgan fingerprint density at radius 1 is 1.26 bits per heavy atom. The van der Waals surface area contributed by atoms with Gasteiger partial charge in [0.2, 0.25) is 5.95 Å². The van der Waals surface area contributed by atoms with Gasteiger partial charge in [0.1, 0.15) is 0 Å². The van der Waals surface area contributed by atoms with Crippen LogP contribution in [0.4, 0.5) is 5.95 Å². The zero-order valence-corrected chi connectivity index (χ0v) is 15.7. The number of nitriles is 1. The van der Waals surface area contributed by atoms with Crippen LogP contribution in [0, 0.1) is 17.2 Å². The number of para-hydroxylation sites is 2. The molecule has 2 aliphatic rings. The topological polar surface area (TPSA) is 55.7 Å². The van der Waals surface area contributed by atoms with Crippen LogP contribution < -0.4 is 4.90 Å². The highest BCUT2D eigenvalue weighted by Crippen LogP contribution is 2.63. The molecule has 2 aromatic carbocycles. The highest BCUT2D eigenvalue weighted by Gasteiger charge is 2.58. The van der Waals surface area contributed by atoms with E-state index in [1.165, 1.54) is 31.2 Å². The van der Waals surface area contributed by atoms with E-state index in [2.05, 4.69) is 53.2 Å². The molecule has 1 aromatic heterocycles. The number of nitrogens with one attached hydrogen (secondary N) is 1. The standard InChI is InChI=1S/C23H24N4/c1-2-27(22-25-20-8-3-4-9-21(20)26-22)19-10-11-23(14-18(23)13-19)17-7-5-6-16(12-17)15-24/h3-9,12,18-19H,2,10-11,13-14H2,1H3,(H,25,26)/t18?,19-,23-/m1/s1. The third kappa shape index (κ3) is 2.61. The average Bonchev–Trinajstić information content (AvgIpc) is 3.31. The van der Waals surface area contributed by atoms with Crippen molar-refractivity contribution in [2.45, 2.75) is 44.1 Å². The summed E-state index contributed by atoms with van der Waals surface area (Å²) in [5.74, 6) is 1.73. The van der Waals surface area contributed by atoms with Crippen molar-refractivity contribution in [3.8, 4) is 6.07 Å². The first-order chi connectivity index (χ1) is 13.2. The van der Waals surface area contributed by atoms with E-state index in [1.54, 1.807) is 0 Å². The second-order valence-electron chi connectivity index (χ2n) is 8.04. The summed E-state index contributed by atoms with van der Waals surface area (Å²) < 4.78 is 0. The molecule has 4 heteroatoms. The van der Waals surface area contributed by atoms with Crippen molar-refractivity contribution in [3.05, 3.63) is 59.7 Å². The predicted molar refractivity (Wildman–Crippen MR) is 108 cm³/mol. The van der Waals surface area contributed by atoms with Gasteiger partial charge in [0, 0.05) is 12.6 Å². The predicted octanol–water partition coefficient (Wildman–Crippen LogP) is 4.77. The van der Waals surface area contributed by atoms with Gasteiger partial charge in [-0.25, -0.2) is 4.98 Å². The molecule has 4 nitrogen and oxygen atoms in total. The van der Waals surface area contributed by atoms with Crippen molar-refractivity contribution < 1.29 is 0 Å². The smallest absolute Gasteiger partial charge is 0.204 e. The van der Waals surface area contributed by atoms with Crippen LogP contribution >= 0.6 is 0 Å². The Morgan fingerprint density at radius 3 is 2.93 bits per heavy atom. The highest BCUT2D eigenvalue weighted by molar-refractivity contribution is 5.77. The van der Waals surface area contributed by atoms with E-state index in [0.29, 0.717) is 11.5 Å². The van der Waals surface area contributed by atoms with Crippen molar-refractivity contribution in [2.24, 2.45) is 5.92 Å². The largest absolute Gasteiger partial charge is 0.340 e. The molecule has 0 amide bonds. The van der Waals surface area contributed by atoms with Gasteiger partial charge >= 0.3 is 0 Å². The Labute approximate surface area is 159 Å². The van der Waals surface area contributed by atoms with E-state index in [-0.39, 0.29) is 0 Å². The van der Waals surface area contributed by atoms with Crippen molar-refractivity contribution in [1.29, 1.82) is 5.26 Å². The van der Waals surface area contributed by atoms with Gasteiger partial charge in [0.25, 0.3) is 0 Å². The lowest BCUT2D eigenvalue weighted by molar-refractivity contribution is 0.365. The van der Waals surface area contributed by atoms with Gasteiger partial charge in [-0.05, 0) is 73.8 Å². The third-order valence-electron chi connectivity index (χ3n) is 6.71. The van der Waals surface area contributed by atoms with Crippen LogP contribution in [0.2, 0.25) is 0 Å². The molecule has 136 valence electrons. The number of benzene rings is 2. The summed E-state index contributed by atoms with van der Waals surface area (Å²) in [5.41, 5.74) is 4.62. The average molecular weight is 356 g/mol. The quantitative estimate of drug-likeness (QED) is 0.732. The summed E-state index contributed by atoms with van der Waals surface area (Å²) in [6.45, 7) is 3.19. The van der Waals surface area contributed by atoms with Gasteiger partial charge in [-0.2, -0.15) is 5.26 Å². The number of imidazole rings is 1. The number of fused-ring (bicyclic) bond motifs is 2. The first kappa shape index (κ1) is 16.4. The fraction of sp³-hybridized carbons (Fsp3) is 0.391. The van der Waals surface area contributed by atoms with Crippen LogP contribution in [0.15, 0.2) is 48.5 Å². The fourth-order valence-corrected chi connectivity index (χ4v) is 5.20. The molecule has 0 saturated heterocycles. The van der Waals surface area contributed by atoms with E-state index >= 15 is 0 Å². The van der Waals surface area contributed by atoms with Gasteiger partial charge < -0.3 is 9.88 Å². The number of anilines is 1. The lowest BCUT2D eigenvalue weighted by Crippen LogP contribution is -2.40. The molecule has 1 N–H and O–H groups in total.